The summed E-state index contributed by atoms with van der Waals surface area (Å²) in [7, 11) is 0. The van der Waals surface area contributed by atoms with Gasteiger partial charge in [-0.25, -0.2) is 0 Å². The van der Waals surface area contributed by atoms with E-state index in [1.54, 1.807) is 0 Å². The second-order valence-corrected chi connectivity index (χ2v) is 6.99. The Hall–Kier alpha value is -1.39. The van der Waals surface area contributed by atoms with Crippen LogP contribution in [0.3, 0.4) is 0 Å². The number of hydrogen-bond acceptors (Lipinski definition) is 3. The fourth-order valence-electron chi connectivity index (χ4n) is 3.91. The largest absolute Gasteiger partial charge is 0.340 e. The third-order valence-electron chi connectivity index (χ3n) is 5.30. The summed E-state index contributed by atoms with van der Waals surface area (Å²) in [4.78, 5) is 26.6. The van der Waals surface area contributed by atoms with E-state index in [0.29, 0.717) is 25.3 Å². The Kier molecular flexibility index (Phi) is 6.41. The number of nitrogens with zero attached hydrogens (tertiary/aromatic N) is 1. The molecule has 1 aromatic carbocycles. The number of benzene rings is 1. The van der Waals surface area contributed by atoms with Crippen LogP contribution in [0.5, 0.6) is 0 Å². The second kappa shape index (κ2) is 8.13. The van der Waals surface area contributed by atoms with Gasteiger partial charge in [-0.2, -0.15) is 0 Å². The number of aryl methyl sites for hydroxylation is 2. The third kappa shape index (κ3) is 3.98. The molecular formula is C19H27ClN2O2. The number of nitrogens with two attached hydrogens (primary N) is 1. The van der Waals surface area contributed by atoms with Gasteiger partial charge in [0.25, 0.3) is 0 Å². The van der Waals surface area contributed by atoms with Gasteiger partial charge in [0.15, 0.2) is 5.78 Å². The summed E-state index contributed by atoms with van der Waals surface area (Å²) in [5.41, 5.74) is 9.14. The molecule has 4 nitrogen and oxygen atoms in total. The number of Topliss-reactive ketones (excluding diaryl/α,β-unsaturated/α-hetero) is 1. The molecule has 2 aliphatic rings. The quantitative estimate of drug-likeness (QED) is 0.830. The number of fused-ring (bicyclic) bond motifs is 1. The minimum atomic E-state index is 0. The number of carbonyl (C=O) groups is 2. The molecule has 132 valence electrons. The van der Waals surface area contributed by atoms with Gasteiger partial charge in [-0.15, -0.1) is 12.4 Å². The Morgan fingerprint density at radius 2 is 1.96 bits per heavy atom. The van der Waals surface area contributed by atoms with E-state index < -0.39 is 0 Å². The number of likely N-dealkylation sites (tertiary alicyclic amines) is 1. The highest BCUT2D eigenvalue weighted by molar-refractivity contribution is 5.98. The number of carbonyl (C=O) groups excluding carboxylic acids is 2. The van der Waals surface area contributed by atoms with Crippen molar-refractivity contribution in [3.05, 3.63) is 34.9 Å². The van der Waals surface area contributed by atoms with Crippen LogP contribution in [0.1, 0.15) is 54.1 Å². The molecule has 1 heterocycles. The molecule has 1 amide bonds. The molecule has 0 aromatic heterocycles. The average Bonchev–Trinajstić information content (AvgIpc) is 3.17. The van der Waals surface area contributed by atoms with E-state index >= 15 is 0 Å². The lowest BCUT2D eigenvalue weighted by atomic mass is 10.0. The first-order chi connectivity index (χ1) is 11.1. The smallest absolute Gasteiger partial charge is 0.223 e. The average molecular weight is 351 g/mol. The van der Waals surface area contributed by atoms with Crippen LogP contribution < -0.4 is 5.73 Å². The van der Waals surface area contributed by atoms with Crippen LogP contribution in [0.2, 0.25) is 0 Å². The van der Waals surface area contributed by atoms with Crippen LogP contribution in [0.4, 0.5) is 0 Å². The Bertz CT molecular complexity index is 617. The molecule has 0 bridgehead atoms. The maximum Gasteiger partial charge on any atom is 0.223 e. The van der Waals surface area contributed by atoms with Gasteiger partial charge in [0.2, 0.25) is 5.91 Å². The van der Waals surface area contributed by atoms with Crippen molar-refractivity contribution >= 4 is 24.1 Å². The number of ketones is 1. The van der Waals surface area contributed by atoms with Gasteiger partial charge in [0.1, 0.15) is 0 Å². The van der Waals surface area contributed by atoms with Crippen molar-refractivity contribution in [3.63, 3.8) is 0 Å². The molecule has 1 aliphatic carbocycles. The summed E-state index contributed by atoms with van der Waals surface area (Å²) in [5, 5.41) is 0. The fraction of sp³-hybridized carbons (Fsp3) is 0.579. The zero-order valence-electron chi connectivity index (χ0n) is 14.3. The summed E-state index contributed by atoms with van der Waals surface area (Å²) in [6.45, 7) is 3.43. The molecule has 2 unspecified atom stereocenters. The van der Waals surface area contributed by atoms with Crippen molar-refractivity contribution in [1.82, 2.24) is 4.90 Å². The summed E-state index contributed by atoms with van der Waals surface area (Å²) >= 11 is 0. The Morgan fingerprint density at radius 1 is 1.21 bits per heavy atom. The lowest BCUT2D eigenvalue weighted by molar-refractivity contribution is -0.131. The Balaban J connectivity index is 0.00000208. The lowest BCUT2D eigenvalue weighted by Crippen LogP contribution is -2.34. The third-order valence-corrected chi connectivity index (χ3v) is 5.30. The van der Waals surface area contributed by atoms with E-state index in [1.807, 2.05) is 17.0 Å². The van der Waals surface area contributed by atoms with E-state index in [1.165, 1.54) is 17.5 Å². The SMILES string of the molecule is CC1CC(CN)CN1C(=O)CCC(=O)c1ccc2c(c1)CCC2.Cl. The topological polar surface area (TPSA) is 63.4 Å². The molecule has 0 saturated carbocycles. The van der Waals surface area contributed by atoms with E-state index in [9.17, 15) is 9.59 Å². The second-order valence-electron chi connectivity index (χ2n) is 6.99. The monoisotopic (exact) mass is 350 g/mol. The van der Waals surface area contributed by atoms with Gasteiger partial charge in [-0.1, -0.05) is 12.1 Å². The summed E-state index contributed by atoms with van der Waals surface area (Å²) in [5.74, 6) is 0.569. The standard InChI is InChI=1S/C19H26N2O2.ClH/c1-13-9-14(11-20)12-21(13)19(23)8-7-18(22)17-6-5-15-3-2-4-16(15)10-17;/h5-6,10,13-14H,2-4,7-9,11-12,20H2,1H3;1H. The first-order valence-corrected chi connectivity index (χ1v) is 8.73. The van der Waals surface area contributed by atoms with Gasteiger partial charge < -0.3 is 10.6 Å². The zero-order valence-corrected chi connectivity index (χ0v) is 15.1. The minimum absolute atomic E-state index is 0. The number of rotatable bonds is 5. The van der Waals surface area contributed by atoms with E-state index in [4.69, 9.17) is 5.73 Å². The Labute approximate surface area is 150 Å². The van der Waals surface area contributed by atoms with Crippen LogP contribution >= 0.6 is 12.4 Å². The van der Waals surface area contributed by atoms with E-state index in [-0.39, 0.29) is 30.1 Å². The van der Waals surface area contributed by atoms with Gasteiger partial charge in [0.05, 0.1) is 0 Å². The summed E-state index contributed by atoms with van der Waals surface area (Å²) < 4.78 is 0. The molecule has 0 spiro atoms. The molecule has 2 atom stereocenters. The van der Waals surface area contributed by atoms with Gasteiger partial charge in [-0.05, 0) is 62.3 Å². The van der Waals surface area contributed by atoms with Gasteiger partial charge in [0, 0.05) is 31.0 Å². The summed E-state index contributed by atoms with van der Waals surface area (Å²) in [6, 6.07) is 6.26. The molecule has 2 N–H and O–H groups in total. The fourth-order valence-corrected chi connectivity index (χ4v) is 3.91. The van der Waals surface area contributed by atoms with Crippen molar-refractivity contribution in [2.45, 2.75) is 51.5 Å². The van der Waals surface area contributed by atoms with Crippen LogP contribution in [0.25, 0.3) is 0 Å². The highest BCUT2D eigenvalue weighted by Crippen LogP contribution is 2.25. The molecule has 0 radical (unpaired) electrons. The van der Waals surface area contributed by atoms with Crippen molar-refractivity contribution in [2.75, 3.05) is 13.1 Å². The predicted molar refractivity (Wildman–Crippen MR) is 97.6 cm³/mol. The molecular weight excluding hydrogens is 324 g/mol. The number of amides is 1. The maximum absolute atomic E-state index is 12.4. The molecule has 1 aliphatic heterocycles. The van der Waals surface area contributed by atoms with Gasteiger partial charge >= 0.3 is 0 Å². The van der Waals surface area contributed by atoms with Crippen LogP contribution in [-0.2, 0) is 17.6 Å². The highest BCUT2D eigenvalue weighted by atomic mass is 35.5. The van der Waals surface area contributed by atoms with Crippen molar-refractivity contribution in [1.29, 1.82) is 0 Å². The van der Waals surface area contributed by atoms with Gasteiger partial charge in [-0.3, -0.25) is 9.59 Å². The van der Waals surface area contributed by atoms with Crippen molar-refractivity contribution in [2.24, 2.45) is 11.7 Å². The highest BCUT2D eigenvalue weighted by Gasteiger charge is 2.31. The van der Waals surface area contributed by atoms with Crippen LogP contribution in [0, 0.1) is 5.92 Å². The summed E-state index contributed by atoms with van der Waals surface area (Å²) in [6.07, 6.45) is 4.95. The molecule has 1 aromatic rings. The molecule has 1 fully saturated rings. The first kappa shape index (κ1) is 18.9. The Morgan fingerprint density at radius 3 is 2.67 bits per heavy atom. The van der Waals surface area contributed by atoms with Crippen molar-refractivity contribution < 1.29 is 9.59 Å². The number of halogens is 1. The molecule has 1 saturated heterocycles. The zero-order chi connectivity index (χ0) is 16.4. The van der Waals surface area contributed by atoms with E-state index in [0.717, 1.165) is 31.4 Å². The van der Waals surface area contributed by atoms with Crippen LogP contribution in [0.15, 0.2) is 18.2 Å². The normalized spacial score (nSPS) is 22.2. The molecule has 5 heteroatoms. The molecule has 24 heavy (non-hydrogen) atoms. The molecule has 3 rings (SSSR count). The lowest BCUT2D eigenvalue weighted by Gasteiger charge is -2.21. The number of hydrogen-bond donors (Lipinski definition) is 1. The van der Waals surface area contributed by atoms with Crippen molar-refractivity contribution in [3.8, 4) is 0 Å². The van der Waals surface area contributed by atoms with E-state index in [2.05, 4.69) is 13.0 Å². The van der Waals surface area contributed by atoms with Crippen LogP contribution in [-0.4, -0.2) is 35.7 Å². The predicted octanol–water partition coefficient (Wildman–Crippen LogP) is 2.76. The minimum Gasteiger partial charge on any atom is -0.340 e. The maximum atomic E-state index is 12.4. The first-order valence-electron chi connectivity index (χ1n) is 8.73.